The summed E-state index contributed by atoms with van der Waals surface area (Å²) in [5.41, 5.74) is 10.1. The first-order valence-corrected chi connectivity index (χ1v) is 11.5. The fourth-order valence-electron chi connectivity index (χ4n) is 4.26. The van der Waals surface area contributed by atoms with Gasteiger partial charge in [0.2, 0.25) is 0 Å². The molecule has 0 fully saturated rings. The molecule has 0 spiro atoms. The second kappa shape index (κ2) is 8.72. The highest BCUT2D eigenvalue weighted by atomic mass is 16.3. The number of imidazole rings is 1. The Labute approximate surface area is 210 Å². The number of nitrogens with one attached hydrogen (secondary N) is 1. The van der Waals surface area contributed by atoms with E-state index in [9.17, 15) is 14.7 Å². The molecule has 3 aromatic heterocycles. The number of aromatic hydroxyl groups is 1. The van der Waals surface area contributed by atoms with Crippen LogP contribution in [-0.2, 0) is 6.54 Å². The molecule has 0 bridgehead atoms. The van der Waals surface area contributed by atoms with Gasteiger partial charge in [-0.2, -0.15) is 0 Å². The van der Waals surface area contributed by atoms with Crippen molar-refractivity contribution in [3.05, 3.63) is 111 Å². The van der Waals surface area contributed by atoms with Gasteiger partial charge in [0.25, 0.3) is 10.9 Å². The molecule has 4 N–H and O–H groups in total. The van der Waals surface area contributed by atoms with Gasteiger partial charge < -0.3 is 16.2 Å². The van der Waals surface area contributed by atoms with Gasteiger partial charge in [0.05, 0.1) is 11.3 Å². The van der Waals surface area contributed by atoms with Crippen LogP contribution >= 0.6 is 0 Å². The molecule has 6 rings (SSSR count). The number of nitrogens with two attached hydrogens (primary N) is 1. The van der Waals surface area contributed by atoms with Crippen molar-refractivity contribution in [1.29, 1.82) is 0 Å². The van der Waals surface area contributed by atoms with Crippen molar-refractivity contribution in [3.63, 3.8) is 0 Å². The summed E-state index contributed by atoms with van der Waals surface area (Å²) >= 11 is 0. The van der Waals surface area contributed by atoms with Gasteiger partial charge in [-0.15, -0.1) is 0 Å². The van der Waals surface area contributed by atoms with Crippen molar-refractivity contribution < 1.29 is 5.11 Å². The van der Waals surface area contributed by atoms with E-state index in [0.717, 1.165) is 22.5 Å². The molecule has 0 aliphatic heterocycles. The van der Waals surface area contributed by atoms with E-state index in [4.69, 9.17) is 15.7 Å². The molecule has 0 radical (unpaired) electrons. The molecule has 0 amide bonds. The maximum absolute atomic E-state index is 11.6. The SMILES string of the molecule is Nc1ncccc1-c1nc2ccc(-c3ccccc3)nc2n1-c1ccc(CNc2c(O)c(=O)c2=O)cc1. The second-order valence-electron chi connectivity index (χ2n) is 8.51. The van der Waals surface area contributed by atoms with Crippen molar-refractivity contribution in [2.75, 3.05) is 11.1 Å². The Balaban J connectivity index is 1.44. The molecule has 6 aromatic rings. The molecule has 0 atom stereocenters. The van der Waals surface area contributed by atoms with Gasteiger partial charge in [0.1, 0.15) is 17.0 Å². The van der Waals surface area contributed by atoms with Gasteiger partial charge in [-0.25, -0.2) is 15.0 Å². The zero-order valence-electron chi connectivity index (χ0n) is 19.4. The number of aromatic nitrogens is 4. The Morgan fingerprint density at radius 2 is 1.65 bits per heavy atom. The van der Waals surface area contributed by atoms with Gasteiger partial charge in [-0.1, -0.05) is 42.5 Å². The van der Waals surface area contributed by atoms with Crippen LogP contribution in [0.15, 0.2) is 94.6 Å². The molecule has 0 aliphatic carbocycles. The standard InChI is InChI=1S/C28H20N6O3/c29-26-19(7-4-14-30-26)27-33-21-13-12-20(17-5-2-1-3-6-17)32-28(21)34(27)18-10-8-16(9-11-18)15-31-22-23(35)25(37)24(22)36/h1-14,31,35H,15H2,(H2,29,30). The normalized spacial score (nSPS) is 11.2. The Bertz CT molecular complexity index is 1840. The van der Waals surface area contributed by atoms with Crippen molar-refractivity contribution >= 4 is 22.7 Å². The van der Waals surface area contributed by atoms with Crippen LogP contribution in [0.2, 0.25) is 0 Å². The third-order valence-electron chi connectivity index (χ3n) is 6.20. The Morgan fingerprint density at radius 3 is 2.38 bits per heavy atom. The molecule has 0 unspecified atom stereocenters. The summed E-state index contributed by atoms with van der Waals surface area (Å²) in [4.78, 5) is 36.8. The Hall–Kier alpha value is -5.31. The minimum Gasteiger partial charge on any atom is -0.502 e. The number of rotatable bonds is 6. The lowest BCUT2D eigenvalue weighted by molar-refractivity contribution is 0.465. The van der Waals surface area contributed by atoms with Crippen LogP contribution < -0.4 is 21.9 Å². The average Bonchev–Trinajstić information content (AvgIpc) is 3.32. The lowest BCUT2D eigenvalue weighted by atomic mass is 10.1. The van der Waals surface area contributed by atoms with Crippen LogP contribution in [0, 0.1) is 0 Å². The first-order valence-electron chi connectivity index (χ1n) is 11.5. The highest BCUT2D eigenvalue weighted by Crippen LogP contribution is 2.31. The van der Waals surface area contributed by atoms with Gasteiger partial charge >= 0.3 is 0 Å². The van der Waals surface area contributed by atoms with E-state index in [1.807, 2.05) is 83.4 Å². The van der Waals surface area contributed by atoms with Crippen molar-refractivity contribution in [3.8, 4) is 34.1 Å². The molecule has 0 aliphatic rings. The van der Waals surface area contributed by atoms with Gasteiger partial charge in [-0.05, 0) is 42.0 Å². The fraction of sp³-hybridized carbons (Fsp3) is 0.0357. The number of pyridine rings is 2. The van der Waals surface area contributed by atoms with Gasteiger partial charge in [-0.3, -0.25) is 14.2 Å². The van der Waals surface area contributed by atoms with E-state index in [1.165, 1.54) is 0 Å². The first kappa shape index (κ1) is 22.2. The van der Waals surface area contributed by atoms with Crippen LogP contribution in [0.25, 0.3) is 39.5 Å². The number of hydrogen-bond donors (Lipinski definition) is 3. The summed E-state index contributed by atoms with van der Waals surface area (Å²) in [6.45, 7) is 0.266. The number of nitrogens with zero attached hydrogens (tertiary/aromatic N) is 4. The van der Waals surface area contributed by atoms with Crippen LogP contribution in [0.5, 0.6) is 5.75 Å². The Kier molecular flexibility index (Phi) is 5.23. The molecule has 180 valence electrons. The van der Waals surface area contributed by atoms with Crippen molar-refractivity contribution in [1.82, 2.24) is 19.5 Å². The van der Waals surface area contributed by atoms with E-state index in [2.05, 4.69) is 10.3 Å². The monoisotopic (exact) mass is 488 g/mol. The van der Waals surface area contributed by atoms with Crippen LogP contribution in [0.3, 0.4) is 0 Å². The van der Waals surface area contributed by atoms with E-state index < -0.39 is 16.6 Å². The minimum atomic E-state index is -0.866. The summed E-state index contributed by atoms with van der Waals surface area (Å²) in [6.07, 6.45) is 1.63. The quantitative estimate of drug-likeness (QED) is 0.302. The third kappa shape index (κ3) is 3.79. The van der Waals surface area contributed by atoms with Crippen LogP contribution in [-0.4, -0.2) is 24.6 Å². The van der Waals surface area contributed by atoms with Crippen molar-refractivity contribution in [2.45, 2.75) is 6.54 Å². The van der Waals surface area contributed by atoms with Crippen molar-refractivity contribution in [2.24, 2.45) is 0 Å². The summed E-state index contributed by atoms with van der Waals surface area (Å²) < 4.78 is 1.94. The maximum Gasteiger partial charge on any atom is 0.271 e. The minimum absolute atomic E-state index is 0.0540. The molecule has 0 saturated carbocycles. The molecular formula is C28H20N6O3. The number of benzene rings is 2. The molecule has 0 saturated heterocycles. The highest BCUT2D eigenvalue weighted by Gasteiger charge is 2.20. The lowest BCUT2D eigenvalue weighted by Crippen LogP contribution is -2.33. The Morgan fingerprint density at radius 1 is 0.865 bits per heavy atom. The van der Waals surface area contributed by atoms with E-state index >= 15 is 0 Å². The van der Waals surface area contributed by atoms with E-state index in [1.54, 1.807) is 6.20 Å². The predicted octanol–water partition coefficient (Wildman–Crippen LogP) is 3.65. The van der Waals surface area contributed by atoms with Gasteiger partial charge in [0.15, 0.2) is 17.2 Å². The first-order chi connectivity index (χ1) is 18.0. The zero-order chi connectivity index (χ0) is 25.5. The zero-order valence-corrected chi connectivity index (χ0v) is 19.4. The molecule has 3 aromatic carbocycles. The maximum atomic E-state index is 11.6. The van der Waals surface area contributed by atoms with E-state index in [0.29, 0.717) is 28.4 Å². The topological polar surface area (TPSA) is 136 Å². The molecular weight excluding hydrogens is 468 g/mol. The lowest BCUT2D eigenvalue weighted by Gasteiger charge is -2.12. The van der Waals surface area contributed by atoms with Crippen LogP contribution in [0.4, 0.5) is 11.5 Å². The van der Waals surface area contributed by atoms with Gasteiger partial charge in [0, 0.05) is 24.0 Å². The van der Waals surface area contributed by atoms with E-state index in [-0.39, 0.29) is 12.2 Å². The molecule has 9 heteroatoms. The summed E-state index contributed by atoms with van der Waals surface area (Å²) in [5.74, 6) is 0.444. The average molecular weight is 489 g/mol. The smallest absolute Gasteiger partial charge is 0.271 e. The summed E-state index contributed by atoms with van der Waals surface area (Å²) in [5, 5.41) is 12.4. The largest absolute Gasteiger partial charge is 0.502 e. The van der Waals surface area contributed by atoms with Crippen LogP contribution in [0.1, 0.15) is 5.56 Å². The third-order valence-corrected chi connectivity index (χ3v) is 6.20. The second-order valence-corrected chi connectivity index (χ2v) is 8.51. The molecule has 37 heavy (non-hydrogen) atoms. The number of nitrogen functional groups attached to an aromatic ring is 1. The number of fused-ring (bicyclic) bond motifs is 1. The fourth-order valence-corrected chi connectivity index (χ4v) is 4.26. The summed E-state index contributed by atoms with van der Waals surface area (Å²) in [6, 6.07) is 25.0. The number of hydrogen-bond acceptors (Lipinski definition) is 8. The number of anilines is 2. The summed E-state index contributed by atoms with van der Waals surface area (Å²) in [7, 11) is 0. The molecule has 9 nitrogen and oxygen atoms in total. The molecule has 3 heterocycles. The highest BCUT2D eigenvalue weighted by molar-refractivity contribution is 5.84. The predicted molar refractivity (Wildman–Crippen MR) is 142 cm³/mol.